The summed E-state index contributed by atoms with van der Waals surface area (Å²) in [6, 6.07) is -5.68. The van der Waals surface area contributed by atoms with Crippen LogP contribution in [0.2, 0.25) is 0 Å². The fraction of sp³-hybridized carbons (Fsp3) is 0.647. The van der Waals surface area contributed by atoms with Crippen LogP contribution in [-0.4, -0.2) is 81.7 Å². The van der Waals surface area contributed by atoms with Gasteiger partial charge in [-0.3, -0.25) is 24.0 Å². The Hall–Kier alpha value is -3.26. The van der Waals surface area contributed by atoms with Gasteiger partial charge in [0.1, 0.15) is 18.1 Å². The van der Waals surface area contributed by atoms with Crippen LogP contribution >= 0.6 is 0 Å². The van der Waals surface area contributed by atoms with E-state index in [0.717, 1.165) is 0 Å². The predicted molar refractivity (Wildman–Crippen MR) is 104 cm³/mol. The van der Waals surface area contributed by atoms with E-state index in [2.05, 4.69) is 10.6 Å². The lowest BCUT2D eigenvalue weighted by Gasteiger charge is -2.26. The summed E-state index contributed by atoms with van der Waals surface area (Å²) in [4.78, 5) is 69.5. The number of nitrogens with two attached hydrogens (primary N) is 2. The molecule has 14 nitrogen and oxygen atoms in total. The minimum absolute atomic E-state index is 0.0852. The lowest BCUT2D eigenvalue weighted by atomic mass is 10.0. The molecule has 0 saturated carbocycles. The summed E-state index contributed by atoms with van der Waals surface area (Å²) in [7, 11) is 0. The van der Waals surface area contributed by atoms with Crippen molar-refractivity contribution < 1.29 is 44.1 Å². The molecule has 0 heterocycles. The molecule has 0 aromatic carbocycles. The van der Waals surface area contributed by atoms with Crippen LogP contribution in [0, 0.1) is 5.92 Å². The van der Waals surface area contributed by atoms with E-state index >= 15 is 0 Å². The van der Waals surface area contributed by atoms with E-state index in [0.29, 0.717) is 0 Å². The predicted octanol–water partition coefficient (Wildman–Crippen LogP) is -3.76. The molecule has 0 bridgehead atoms. The van der Waals surface area contributed by atoms with Gasteiger partial charge in [-0.05, 0) is 12.3 Å². The number of carboxylic acid groups (broad SMARTS) is 2. The molecule has 0 spiro atoms. The molecule has 0 aromatic rings. The van der Waals surface area contributed by atoms with Crippen molar-refractivity contribution in [1.29, 1.82) is 0 Å². The summed E-state index contributed by atoms with van der Waals surface area (Å²) in [6.45, 7) is 2.22. The molecule has 0 fully saturated rings. The van der Waals surface area contributed by atoms with Crippen molar-refractivity contribution in [2.45, 2.75) is 57.3 Å². The van der Waals surface area contributed by atoms with Crippen LogP contribution in [-0.2, 0) is 28.8 Å². The van der Waals surface area contributed by atoms with Gasteiger partial charge in [-0.2, -0.15) is 0 Å². The van der Waals surface area contributed by atoms with Gasteiger partial charge >= 0.3 is 11.9 Å². The van der Waals surface area contributed by atoms with Crippen LogP contribution in [0.1, 0.15) is 33.1 Å². The van der Waals surface area contributed by atoms with E-state index in [1.165, 1.54) is 13.8 Å². The summed E-state index contributed by atoms with van der Waals surface area (Å²) in [5.41, 5.74) is 10.6. The smallest absolute Gasteiger partial charge is 0.326 e. The molecule has 0 aromatic heterocycles. The third-order valence-electron chi connectivity index (χ3n) is 4.09. The van der Waals surface area contributed by atoms with Crippen LogP contribution in [0.15, 0.2) is 0 Å². The highest BCUT2D eigenvalue weighted by Crippen LogP contribution is 2.05. The van der Waals surface area contributed by atoms with Gasteiger partial charge < -0.3 is 42.7 Å². The zero-order chi connectivity index (χ0) is 24.3. The average Bonchev–Trinajstić information content (AvgIpc) is 2.66. The minimum atomic E-state index is -1.72. The highest BCUT2D eigenvalue weighted by molar-refractivity contribution is 5.94. The van der Waals surface area contributed by atoms with Crippen molar-refractivity contribution in [2.24, 2.45) is 17.4 Å². The number of nitrogens with one attached hydrogen (secondary N) is 3. The van der Waals surface area contributed by atoms with Crippen molar-refractivity contribution in [3.05, 3.63) is 0 Å². The fourth-order valence-corrected chi connectivity index (χ4v) is 2.33. The fourth-order valence-electron chi connectivity index (χ4n) is 2.33. The number of carboxylic acids is 2. The van der Waals surface area contributed by atoms with Crippen molar-refractivity contribution >= 4 is 35.6 Å². The van der Waals surface area contributed by atoms with Crippen LogP contribution in [0.5, 0.6) is 0 Å². The van der Waals surface area contributed by atoms with E-state index < -0.39 is 78.7 Å². The highest BCUT2D eigenvalue weighted by atomic mass is 16.4. The zero-order valence-corrected chi connectivity index (χ0v) is 17.2. The molecule has 4 atom stereocenters. The maximum Gasteiger partial charge on any atom is 0.326 e. The first-order valence-corrected chi connectivity index (χ1v) is 9.30. The molecule has 176 valence electrons. The number of carbonyl (C=O) groups is 6. The van der Waals surface area contributed by atoms with Crippen molar-refractivity contribution in [2.75, 3.05) is 6.61 Å². The maximum atomic E-state index is 12.4. The van der Waals surface area contributed by atoms with Gasteiger partial charge in [-0.25, -0.2) is 4.79 Å². The summed E-state index contributed by atoms with van der Waals surface area (Å²) in [6.07, 6.45) is -1.13. The molecule has 0 aliphatic rings. The number of carbonyl (C=O) groups excluding carboxylic acids is 4. The Morgan fingerprint density at radius 2 is 1.42 bits per heavy atom. The molecule has 0 radical (unpaired) electrons. The molecule has 0 saturated heterocycles. The minimum Gasteiger partial charge on any atom is -0.481 e. The number of amides is 4. The quantitative estimate of drug-likeness (QED) is 0.129. The highest BCUT2D eigenvalue weighted by Gasteiger charge is 2.32. The van der Waals surface area contributed by atoms with Crippen LogP contribution in [0.3, 0.4) is 0 Å². The lowest BCUT2D eigenvalue weighted by Crippen LogP contribution is -2.59. The van der Waals surface area contributed by atoms with Crippen LogP contribution in [0.25, 0.3) is 0 Å². The average molecular weight is 447 g/mol. The van der Waals surface area contributed by atoms with Crippen LogP contribution < -0.4 is 27.4 Å². The number of rotatable bonds is 14. The second-order valence-corrected chi connectivity index (χ2v) is 7.08. The SMILES string of the molecule is CC(C)C(NC(=O)C(CO)NC(=O)C(N)CCC(N)=O)C(=O)NC(CC(=O)O)C(=O)O. The molecule has 14 heteroatoms. The molecule has 0 rings (SSSR count). The van der Waals surface area contributed by atoms with E-state index in [9.17, 15) is 33.9 Å². The number of hydrogen-bond donors (Lipinski definition) is 8. The summed E-state index contributed by atoms with van der Waals surface area (Å²) in [5.74, 6) is -7.02. The molecule has 4 unspecified atom stereocenters. The molecule has 0 aliphatic carbocycles. The summed E-state index contributed by atoms with van der Waals surface area (Å²) >= 11 is 0. The first-order chi connectivity index (χ1) is 14.3. The first kappa shape index (κ1) is 27.7. The van der Waals surface area contributed by atoms with E-state index in [1.54, 1.807) is 0 Å². The van der Waals surface area contributed by atoms with Gasteiger partial charge in [-0.1, -0.05) is 13.8 Å². The molecular weight excluding hydrogens is 418 g/mol. The van der Waals surface area contributed by atoms with E-state index in [4.69, 9.17) is 21.7 Å². The molecule has 10 N–H and O–H groups in total. The molecule has 31 heavy (non-hydrogen) atoms. The largest absolute Gasteiger partial charge is 0.481 e. The Kier molecular flexibility index (Phi) is 11.7. The second kappa shape index (κ2) is 13.1. The lowest BCUT2D eigenvalue weighted by molar-refractivity contribution is -0.147. The Morgan fingerprint density at radius 3 is 1.84 bits per heavy atom. The third kappa shape index (κ3) is 10.4. The third-order valence-corrected chi connectivity index (χ3v) is 4.09. The maximum absolute atomic E-state index is 12.4. The normalized spacial score (nSPS) is 14.6. The Bertz CT molecular complexity index is 697. The summed E-state index contributed by atoms with van der Waals surface area (Å²) < 4.78 is 0. The van der Waals surface area contributed by atoms with Crippen molar-refractivity contribution in [3.8, 4) is 0 Å². The number of primary amides is 1. The van der Waals surface area contributed by atoms with Crippen molar-refractivity contribution in [1.82, 2.24) is 16.0 Å². The van der Waals surface area contributed by atoms with E-state index in [-0.39, 0.29) is 12.8 Å². The molecule has 4 amide bonds. The monoisotopic (exact) mass is 447 g/mol. The number of aliphatic hydroxyl groups excluding tert-OH is 1. The van der Waals surface area contributed by atoms with Gasteiger partial charge in [-0.15, -0.1) is 0 Å². The number of aliphatic hydroxyl groups is 1. The standard InChI is InChI=1S/C17H29N5O9/c1-7(2)13(16(29)20-9(17(30)31)5-12(25)26)22-15(28)10(6-23)21-14(27)8(18)3-4-11(19)24/h7-10,13,23H,3-6,18H2,1-2H3,(H2,19,24)(H,20,29)(H,21,27)(H,22,28)(H,25,26)(H,30,31). The zero-order valence-electron chi connectivity index (χ0n) is 17.2. The number of hydrogen-bond acceptors (Lipinski definition) is 8. The Balaban J connectivity index is 5.16. The first-order valence-electron chi connectivity index (χ1n) is 9.30. The number of aliphatic carboxylic acids is 2. The van der Waals surface area contributed by atoms with Gasteiger partial charge in [0.05, 0.1) is 19.1 Å². The second-order valence-electron chi connectivity index (χ2n) is 7.08. The Morgan fingerprint density at radius 1 is 0.871 bits per heavy atom. The molecule has 0 aliphatic heterocycles. The van der Waals surface area contributed by atoms with Gasteiger partial charge in [0.25, 0.3) is 0 Å². The topological polar surface area (TPSA) is 251 Å². The van der Waals surface area contributed by atoms with Gasteiger partial charge in [0, 0.05) is 6.42 Å². The van der Waals surface area contributed by atoms with Crippen LogP contribution in [0.4, 0.5) is 0 Å². The van der Waals surface area contributed by atoms with Crippen molar-refractivity contribution in [3.63, 3.8) is 0 Å². The van der Waals surface area contributed by atoms with Gasteiger partial charge in [0.2, 0.25) is 23.6 Å². The van der Waals surface area contributed by atoms with E-state index in [1.807, 2.05) is 5.32 Å². The summed E-state index contributed by atoms with van der Waals surface area (Å²) in [5, 5.41) is 33.7. The van der Waals surface area contributed by atoms with Gasteiger partial charge in [0.15, 0.2) is 0 Å². The molecular formula is C17H29N5O9. The Labute approximate surface area is 177 Å².